The SMILES string of the molecule is CC(=O)c1cccc(OCC(=O)Nc2nnc(Cc3ccccc3)s2)c1. The smallest absolute Gasteiger partial charge is 0.264 e. The Labute approximate surface area is 154 Å². The fraction of sp³-hybridized carbons (Fsp3) is 0.158. The molecule has 0 aliphatic heterocycles. The van der Waals surface area contributed by atoms with E-state index < -0.39 is 0 Å². The van der Waals surface area contributed by atoms with Crippen LogP contribution in [0.15, 0.2) is 54.6 Å². The molecule has 1 N–H and O–H groups in total. The van der Waals surface area contributed by atoms with Crippen LogP contribution in [-0.2, 0) is 11.2 Å². The molecule has 7 heteroatoms. The molecule has 0 saturated carbocycles. The molecule has 0 unspecified atom stereocenters. The van der Waals surface area contributed by atoms with Crippen LogP contribution in [-0.4, -0.2) is 28.5 Å². The lowest BCUT2D eigenvalue weighted by Crippen LogP contribution is -2.20. The van der Waals surface area contributed by atoms with Crippen molar-refractivity contribution in [2.75, 3.05) is 11.9 Å². The second kappa shape index (κ2) is 8.35. The highest BCUT2D eigenvalue weighted by molar-refractivity contribution is 7.15. The summed E-state index contributed by atoms with van der Waals surface area (Å²) in [6, 6.07) is 16.7. The Bertz CT molecular complexity index is 909. The molecule has 0 aliphatic rings. The number of hydrogen-bond acceptors (Lipinski definition) is 6. The normalized spacial score (nSPS) is 10.3. The number of aromatic nitrogens is 2. The summed E-state index contributed by atoms with van der Waals surface area (Å²) in [5.41, 5.74) is 1.67. The van der Waals surface area contributed by atoms with Crippen LogP contribution in [0.3, 0.4) is 0 Å². The lowest BCUT2D eigenvalue weighted by Gasteiger charge is -2.06. The van der Waals surface area contributed by atoms with Crippen LogP contribution in [0.25, 0.3) is 0 Å². The van der Waals surface area contributed by atoms with Crippen LogP contribution in [0, 0.1) is 0 Å². The number of Topliss-reactive ketones (excluding diaryl/α,β-unsaturated/α-hetero) is 1. The largest absolute Gasteiger partial charge is 0.484 e. The lowest BCUT2D eigenvalue weighted by molar-refractivity contribution is -0.118. The first-order valence-electron chi connectivity index (χ1n) is 8.00. The van der Waals surface area contributed by atoms with Gasteiger partial charge in [0.05, 0.1) is 0 Å². The van der Waals surface area contributed by atoms with Crippen molar-refractivity contribution in [2.24, 2.45) is 0 Å². The molecule has 1 amide bonds. The van der Waals surface area contributed by atoms with Crippen molar-refractivity contribution in [3.05, 3.63) is 70.7 Å². The molecule has 0 fully saturated rings. The quantitative estimate of drug-likeness (QED) is 0.648. The molecule has 0 atom stereocenters. The molecule has 132 valence electrons. The van der Waals surface area contributed by atoms with E-state index in [2.05, 4.69) is 15.5 Å². The third-order valence-corrected chi connectivity index (χ3v) is 4.36. The maximum Gasteiger partial charge on any atom is 0.264 e. The Balaban J connectivity index is 1.52. The number of amides is 1. The zero-order valence-electron chi connectivity index (χ0n) is 14.1. The van der Waals surface area contributed by atoms with Gasteiger partial charge in [-0.3, -0.25) is 14.9 Å². The van der Waals surface area contributed by atoms with E-state index in [4.69, 9.17) is 4.74 Å². The van der Waals surface area contributed by atoms with Crippen molar-refractivity contribution in [3.8, 4) is 5.75 Å². The van der Waals surface area contributed by atoms with Crippen molar-refractivity contribution in [3.63, 3.8) is 0 Å². The monoisotopic (exact) mass is 367 g/mol. The first-order valence-corrected chi connectivity index (χ1v) is 8.82. The predicted octanol–water partition coefficient (Wildman–Crippen LogP) is 3.35. The van der Waals surface area contributed by atoms with Crippen molar-refractivity contribution in [1.29, 1.82) is 0 Å². The Morgan fingerprint density at radius 1 is 1.08 bits per heavy atom. The maximum absolute atomic E-state index is 12.0. The first-order chi connectivity index (χ1) is 12.6. The second-order valence-corrected chi connectivity index (χ2v) is 6.65. The lowest BCUT2D eigenvalue weighted by atomic mass is 10.1. The fourth-order valence-electron chi connectivity index (χ4n) is 2.26. The van der Waals surface area contributed by atoms with Gasteiger partial charge in [-0.2, -0.15) is 0 Å². The van der Waals surface area contributed by atoms with Crippen LogP contribution in [0.2, 0.25) is 0 Å². The number of carbonyl (C=O) groups is 2. The second-order valence-electron chi connectivity index (χ2n) is 5.58. The van der Waals surface area contributed by atoms with E-state index in [0.717, 1.165) is 10.6 Å². The maximum atomic E-state index is 12.0. The number of ketones is 1. The predicted molar refractivity (Wildman–Crippen MR) is 99.7 cm³/mol. The standard InChI is InChI=1S/C19H17N3O3S/c1-13(23)15-8-5-9-16(11-15)25-12-17(24)20-19-22-21-18(26-19)10-14-6-3-2-4-7-14/h2-9,11H,10,12H2,1H3,(H,20,22,24). The molecule has 0 radical (unpaired) electrons. The zero-order valence-corrected chi connectivity index (χ0v) is 15.0. The van der Waals surface area contributed by atoms with Crippen molar-refractivity contribution in [1.82, 2.24) is 10.2 Å². The molecule has 3 rings (SSSR count). The number of nitrogens with zero attached hydrogens (tertiary/aromatic N) is 2. The van der Waals surface area contributed by atoms with E-state index in [0.29, 0.717) is 22.9 Å². The van der Waals surface area contributed by atoms with Gasteiger partial charge < -0.3 is 4.74 Å². The summed E-state index contributed by atoms with van der Waals surface area (Å²) in [5, 5.41) is 12.0. The number of carbonyl (C=O) groups excluding carboxylic acids is 2. The number of nitrogens with one attached hydrogen (secondary N) is 1. The molecule has 26 heavy (non-hydrogen) atoms. The van der Waals surface area contributed by atoms with Gasteiger partial charge in [-0.05, 0) is 24.6 Å². The van der Waals surface area contributed by atoms with Gasteiger partial charge in [-0.15, -0.1) is 10.2 Å². The summed E-state index contributed by atoms with van der Waals surface area (Å²) in [6.07, 6.45) is 0.669. The average Bonchev–Trinajstić information content (AvgIpc) is 3.08. The first kappa shape index (κ1) is 17.8. The van der Waals surface area contributed by atoms with Crippen LogP contribution in [0.1, 0.15) is 27.9 Å². The third kappa shape index (κ3) is 4.97. The highest BCUT2D eigenvalue weighted by Crippen LogP contribution is 2.19. The Kier molecular flexibility index (Phi) is 5.70. The molecule has 6 nitrogen and oxygen atoms in total. The summed E-state index contributed by atoms with van der Waals surface area (Å²) < 4.78 is 5.43. The highest BCUT2D eigenvalue weighted by Gasteiger charge is 2.10. The van der Waals surface area contributed by atoms with Crippen LogP contribution in [0.5, 0.6) is 5.75 Å². The number of rotatable bonds is 7. The summed E-state index contributed by atoms with van der Waals surface area (Å²) in [4.78, 5) is 23.4. The Morgan fingerprint density at radius 2 is 1.88 bits per heavy atom. The van der Waals surface area contributed by atoms with Crippen molar-refractivity contribution >= 4 is 28.2 Å². The van der Waals surface area contributed by atoms with Crippen molar-refractivity contribution < 1.29 is 14.3 Å². The molecule has 1 heterocycles. The third-order valence-electron chi connectivity index (χ3n) is 3.52. The van der Waals surface area contributed by atoms with E-state index >= 15 is 0 Å². The van der Waals surface area contributed by atoms with Gasteiger partial charge in [0.2, 0.25) is 5.13 Å². The minimum Gasteiger partial charge on any atom is -0.484 e. The van der Waals surface area contributed by atoms with E-state index in [1.54, 1.807) is 24.3 Å². The van der Waals surface area contributed by atoms with E-state index in [9.17, 15) is 9.59 Å². The number of hydrogen-bond donors (Lipinski definition) is 1. The van der Waals surface area contributed by atoms with E-state index in [1.165, 1.54) is 18.3 Å². The van der Waals surface area contributed by atoms with Gasteiger partial charge >= 0.3 is 0 Å². The summed E-state index contributed by atoms with van der Waals surface area (Å²) in [6.45, 7) is 1.31. The molecule has 2 aromatic carbocycles. The molecule has 0 aliphatic carbocycles. The van der Waals surface area contributed by atoms with Gasteiger partial charge in [0, 0.05) is 12.0 Å². The summed E-state index contributed by atoms with van der Waals surface area (Å²) in [7, 11) is 0. The Hall–Kier alpha value is -3.06. The van der Waals surface area contributed by atoms with Crippen LogP contribution in [0.4, 0.5) is 5.13 Å². The van der Waals surface area contributed by atoms with Gasteiger partial charge in [0.25, 0.3) is 5.91 Å². The minimum atomic E-state index is -0.333. The Morgan fingerprint density at radius 3 is 2.65 bits per heavy atom. The van der Waals surface area contributed by atoms with Crippen LogP contribution < -0.4 is 10.1 Å². The summed E-state index contributed by atoms with van der Waals surface area (Å²) in [5.74, 6) is 0.0789. The van der Waals surface area contributed by atoms with Gasteiger partial charge in [0.15, 0.2) is 12.4 Å². The van der Waals surface area contributed by atoms with Gasteiger partial charge in [-0.1, -0.05) is 53.8 Å². The number of benzene rings is 2. The molecule has 0 bridgehead atoms. The molecule has 0 spiro atoms. The highest BCUT2D eigenvalue weighted by atomic mass is 32.1. The molecule has 1 aromatic heterocycles. The van der Waals surface area contributed by atoms with Gasteiger partial charge in [0.1, 0.15) is 10.8 Å². The zero-order chi connectivity index (χ0) is 18.4. The molecular weight excluding hydrogens is 350 g/mol. The fourth-order valence-corrected chi connectivity index (χ4v) is 3.05. The van der Waals surface area contributed by atoms with E-state index in [1.807, 2.05) is 30.3 Å². The number of anilines is 1. The topological polar surface area (TPSA) is 81.2 Å². The van der Waals surface area contributed by atoms with E-state index in [-0.39, 0.29) is 18.3 Å². The molecule has 0 saturated heterocycles. The summed E-state index contributed by atoms with van der Waals surface area (Å²) >= 11 is 1.33. The molecule has 3 aromatic rings. The number of ether oxygens (including phenoxy) is 1. The molecular formula is C19H17N3O3S. The van der Waals surface area contributed by atoms with Crippen LogP contribution >= 0.6 is 11.3 Å². The average molecular weight is 367 g/mol. The van der Waals surface area contributed by atoms with Gasteiger partial charge in [-0.25, -0.2) is 0 Å². The minimum absolute atomic E-state index is 0.0558. The van der Waals surface area contributed by atoms with Crippen molar-refractivity contribution in [2.45, 2.75) is 13.3 Å².